The number of aromatic nitrogens is 2. The van der Waals surface area contributed by atoms with Gasteiger partial charge in [0.1, 0.15) is 5.15 Å². The van der Waals surface area contributed by atoms with Crippen molar-refractivity contribution in [2.24, 2.45) is 0 Å². The zero-order valence-electron chi connectivity index (χ0n) is 14.4. The highest BCUT2D eigenvalue weighted by Gasteiger charge is 2.19. The number of aryl methyl sites for hydroxylation is 1. The third kappa shape index (κ3) is 4.33. The van der Waals surface area contributed by atoms with E-state index in [1.54, 1.807) is 11.6 Å². The first-order valence-corrected chi connectivity index (χ1v) is 8.62. The topological polar surface area (TPSA) is 46.9 Å². The van der Waals surface area contributed by atoms with Gasteiger partial charge in [-0.3, -0.25) is 4.79 Å². The lowest BCUT2D eigenvalue weighted by atomic mass is 10.2. The Hall–Kier alpha value is -3.03. The number of carbonyl (C=O) groups excluding carboxylic acids is 1. The Morgan fingerprint density at radius 1 is 1.12 bits per heavy atom. The molecule has 3 aromatic rings. The highest BCUT2D eigenvalue weighted by atomic mass is 35.5. The van der Waals surface area contributed by atoms with Crippen LogP contribution in [-0.2, 0) is 6.54 Å². The fourth-order valence-electron chi connectivity index (χ4n) is 2.55. The summed E-state index contributed by atoms with van der Waals surface area (Å²) in [6, 6.07) is 19.5. The van der Waals surface area contributed by atoms with E-state index in [2.05, 4.69) is 22.3 Å². The summed E-state index contributed by atoms with van der Waals surface area (Å²) in [5, 5.41) is 7.50. The summed E-state index contributed by atoms with van der Waals surface area (Å²) in [7, 11) is 0. The molecule has 1 amide bonds. The largest absolute Gasteiger partial charge is 0.341 e. The van der Waals surface area contributed by atoms with Crippen LogP contribution in [0.1, 0.15) is 27.2 Å². The maximum absolute atomic E-state index is 12.4. The van der Waals surface area contributed by atoms with Crippen LogP contribution in [0.4, 0.5) is 0 Å². The molecule has 5 heteroatoms. The highest BCUT2D eigenvalue weighted by molar-refractivity contribution is 6.33. The smallest absolute Gasteiger partial charge is 0.257 e. The zero-order valence-corrected chi connectivity index (χ0v) is 15.1. The summed E-state index contributed by atoms with van der Waals surface area (Å²) in [5.41, 5.74) is 2.97. The fourth-order valence-corrected chi connectivity index (χ4v) is 2.87. The number of carbonyl (C=O) groups is 1. The first-order chi connectivity index (χ1) is 12.6. The number of halogens is 1. The SMILES string of the molecule is Cc1nn(Cc2ccccc2)c(Cl)c1C(=O)NCC#Cc1ccccc1. The molecule has 0 fully saturated rings. The zero-order chi connectivity index (χ0) is 18.4. The second-order valence-corrected chi connectivity index (χ2v) is 6.10. The maximum atomic E-state index is 12.4. The molecule has 1 aromatic heterocycles. The fraction of sp³-hybridized carbons (Fsp3) is 0.143. The van der Waals surface area contributed by atoms with Crippen LogP contribution in [0.25, 0.3) is 0 Å². The lowest BCUT2D eigenvalue weighted by molar-refractivity contribution is 0.0958. The average Bonchev–Trinajstić information content (AvgIpc) is 2.94. The van der Waals surface area contributed by atoms with Crippen LogP contribution in [0.2, 0.25) is 5.15 Å². The molecule has 0 atom stereocenters. The molecule has 0 aliphatic carbocycles. The summed E-state index contributed by atoms with van der Waals surface area (Å²) >= 11 is 6.39. The lowest BCUT2D eigenvalue weighted by Gasteiger charge is -2.04. The molecule has 0 aliphatic heterocycles. The van der Waals surface area contributed by atoms with Gasteiger partial charge in [-0.1, -0.05) is 72.0 Å². The van der Waals surface area contributed by atoms with Crippen LogP contribution >= 0.6 is 11.6 Å². The standard InChI is InChI=1S/C21H18ClN3O/c1-16-19(20(22)25(24-16)15-18-11-6-3-7-12-18)21(26)23-14-8-13-17-9-4-2-5-10-17/h2-7,9-12H,14-15H2,1H3,(H,23,26). The second-order valence-electron chi connectivity index (χ2n) is 5.74. The minimum atomic E-state index is -0.269. The van der Waals surface area contributed by atoms with E-state index in [1.807, 2.05) is 60.7 Å². The van der Waals surface area contributed by atoms with Gasteiger partial charge in [0.05, 0.1) is 24.3 Å². The number of amides is 1. The van der Waals surface area contributed by atoms with Gasteiger partial charge in [0.15, 0.2) is 0 Å². The summed E-state index contributed by atoms with van der Waals surface area (Å²) < 4.78 is 1.64. The number of rotatable bonds is 4. The molecular weight excluding hydrogens is 346 g/mol. The van der Waals surface area contributed by atoms with Crippen LogP contribution in [0.5, 0.6) is 0 Å². The third-order valence-electron chi connectivity index (χ3n) is 3.81. The van der Waals surface area contributed by atoms with Gasteiger partial charge >= 0.3 is 0 Å². The van der Waals surface area contributed by atoms with E-state index in [4.69, 9.17) is 11.6 Å². The average molecular weight is 364 g/mol. The van der Waals surface area contributed by atoms with Crippen LogP contribution in [0, 0.1) is 18.8 Å². The second kappa shape index (κ2) is 8.37. The van der Waals surface area contributed by atoms with Crippen LogP contribution in [0.3, 0.4) is 0 Å². The monoisotopic (exact) mass is 363 g/mol. The highest BCUT2D eigenvalue weighted by Crippen LogP contribution is 2.20. The normalized spacial score (nSPS) is 10.1. The molecule has 130 valence electrons. The van der Waals surface area contributed by atoms with E-state index in [0.717, 1.165) is 11.1 Å². The van der Waals surface area contributed by atoms with Gasteiger partial charge < -0.3 is 5.32 Å². The molecule has 0 unspecified atom stereocenters. The molecular formula is C21H18ClN3O. The number of hydrogen-bond acceptors (Lipinski definition) is 2. The van der Waals surface area contributed by atoms with Gasteiger partial charge in [0.25, 0.3) is 5.91 Å². The maximum Gasteiger partial charge on any atom is 0.257 e. The molecule has 1 N–H and O–H groups in total. The van der Waals surface area contributed by atoms with Gasteiger partial charge in [-0.2, -0.15) is 5.10 Å². The van der Waals surface area contributed by atoms with Gasteiger partial charge in [0.2, 0.25) is 0 Å². The molecule has 0 saturated carbocycles. The van der Waals surface area contributed by atoms with E-state index >= 15 is 0 Å². The van der Waals surface area contributed by atoms with E-state index in [1.165, 1.54) is 0 Å². The molecule has 0 saturated heterocycles. The molecule has 26 heavy (non-hydrogen) atoms. The molecule has 0 spiro atoms. The molecule has 1 heterocycles. The summed E-state index contributed by atoms with van der Waals surface area (Å²) in [6.07, 6.45) is 0. The number of nitrogens with one attached hydrogen (secondary N) is 1. The Bertz CT molecular complexity index is 953. The van der Waals surface area contributed by atoms with Crippen LogP contribution < -0.4 is 5.32 Å². The van der Waals surface area contributed by atoms with Crippen molar-refractivity contribution in [3.8, 4) is 11.8 Å². The van der Waals surface area contributed by atoms with Crippen molar-refractivity contribution < 1.29 is 4.79 Å². The Kier molecular flexibility index (Phi) is 5.73. The molecule has 0 bridgehead atoms. The number of benzene rings is 2. The van der Waals surface area contributed by atoms with Crippen molar-refractivity contribution >= 4 is 17.5 Å². The Morgan fingerprint density at radius 2 is 1.77 bits per heavy atom. The lowest BCUT2D eigenvalue weighted by Crippen LogP contribution is -2.24. The third-order valence-corrected chi connectivity index (χ3v) is 4.20. The van der Waals surface area contributed by atoms with Gasteiger partial charge in [-0.05, 0) is 24.6 Å². The predicted octanol–water partition coefficient (Wildman–Crippen LogP) is 3.67. The molecule has 4 nitrogen and oxygen atoms in total. The minimum absolute atomic E-state index is 0.243. The summed E-state index contributed by atoms with van der Waals surface area (Å²) in [5.74, 6) is 5.67. The first kappa shape index (κ1) is 17.8. The molecule has 3 rings (SSSR count). The predicted molar refractivity (Wildman–Crippen MR) is 103 cm³/mol. The number of hydrogen-bond donors (Lipinski definition) is 1. The summed E-state index contributed by atoms with van der Waals surface area (Å²) in [6.45, 7) is 2.53. The minimum Gasteiger partial charge on any atom is -0.341 e. The van der Waals surface area contributed by atoms with E-state index in [0.29, 0.717) is 23.0 Å². The summed E-state index contributed by atoms with van der Waals surface area (Å²) in [4.78, 5) is 12.4. The van der Waals surface area contributed by atoms with Crippen LogP contribution in [-0.4, -0.2) is 22.2 Å². The molecule has 0 aliphatic rings. The molecule has 0 radical (unpaired) electrons. The van der Waals surface area contributed by atoms with Crippen molar-refractivity contribution in [3.05, 3.63) is 88.2 Å². The van der Waals surface area contributed by atoms with E-state index in [-0.39, 0.29) is 12.5 Å². The Balaban J connectivity index is 1.67. The van der Waals surface area contributed by atoms with E-state index in [9.17, 15) is 4.79 Å². The Morgan fingerprint density at radius 3 is 2.46 bits per heavy atom. The van der Waals surface area contributed by atoms with Crippen molar-refractivity contribution in [2.75, 3.05) is 6.54 Å². The van der Waals surface area contributed by atoms with Gasteiger partial charge in [-0.25, -0.2) is 4.68 Å². The van der Waals surface area contributed by atoms with Gasteiger partial charge in [0, 0.05) is 5.56 Å². The molecule has 2 aromatic carbocycles. The van der Waals surface area contributed by atoms with Crippen molar-refractivity contribution in [3.63, 3.8) is 0 Å². The van der Waals surface area contributed by atoms with E-state index < -0.39 is 0 Å². The van der Waals surface area contributed by atoms with Gasteiger partial charge in [-0.15, -0.1) is 0 Å². The number of nitrogens with zero attached hydrogens (tertiary/aromatic N) is 2. The van der Waals surface area contributed by atoms with Crippen molar-refractivity contribution in [2.45, 2.75) is 13.5 Å². The van der Waals surface area contributed by atoms with Crippen LogP contribution in [0.15, 0.2) is 60.7 Å². The Labute approximate surface area is 157 Å². The first-order valence-electron chi connectivity index (χ1n) is 8.24. The quantitative estimate of drug-likeness (QED) is 0.719. The van der Waals surface area contributed by atoms with Crippen molar-refractivity contribution in [1.29, 1.82) is 0 Å². The van der Waals surface area contributed by atoms with Crippen molar-refractivity contribution in [1.82, 2.24) is 15.1 Å².